The molecule has 3 aromatic rings. The van der Waals surface area contributed by atoms with Crippen molar-refractivity contribution in [2.45, 2.75) is 43.5 Å². The molecular weight excluding hydrogens is 423 g/mol. The van der Waals surface area contributed by atoms with Gasteiger partial charge in [-0.1, -0.05) is 30.2 Å². The van der Waals surface area contributed by atoms with E-state index in [1.54, 1.807) is 12.1 Å². The topological polar surface area (TPSA) is 59.8 Å². The molecule has 30 heavy (non-hydrogen) atoms. The zero-order valence-corrected chi connectivity index (χ0v) is 18.0. The third-order valence-corrected chi connectivity index (χ3v) is 6.54. The number of aromatic nitrogens is 3. The number of aryl methyl sites for hydroxylation is 1. The molecule has 2 aromatic carbocycles. The molecule has 2 heterocycles. The lowest BCUT2D eigenvalue weighted by molar-refractivity contribution is -0.115. The third-order valence-electron chi connectivity index (χ3n) is 5.02. The Bertz CT molecular complexity index is 1060. The average molecular weight is 445 g/mol. The molecule has 1 amide bonds. The maximum Gasteiger partial charge on any atom is 0.225 e. The van der Waals surface area contributed by atoms with Crippen molar-refractivity contribution in [3.05, 3.63) is 59.1 Å². The average Bonchev–Trinajstić information content (AvgIpc) is 2.98. The van der Waals surface area contributed by atoms with Crippen molar-refractivity contribution < 1.29 is 9.18 Å². The number of benzene rings is 2. The highest BCUT2D eigenvalue weighted by atomic mass is 35.5. The molecule has 5 nitrogen and oxygen atoms in total. The Morgan fingerprint density at radius 3 is 2.90 bits per heavy atom. The highest BCUT2D eigenvalue weighted by Crippen LogP contribution is 2.29. The molecule has 1 N–H and O–H groups in total. The van der Waals surface area contributed by atoms with Gasteiger partial charge in [0.05, 0.1) is 10.6 Å². The second-order valence-corrected chi connectivity index (χ2v) is 8.72. The van der Waals surface area contributed by atoms with Crippen LogP contribution in [-0.4, -0.2) is 26.4 Å². The number of rotatable bonds is 6. The van der Waals surface area contributed by atoms with Gasteiger partial charge in [0.2, 0.25) is 5.91 Å². The van der Waals surface area contributed by atoms with E-state index in [0.29, 0.717) is 34.3 Å². The zero-order chi connectivity index (χ0) is 20.9. The van der Waals surface area contributed by atoms with Crippen molar-refractivity contribution in [2.75, 3.05) is 11.1 Å². The Kier molecular flexibility index (Phi) is 6.69. The van der Waals surface area contributed by atoms with E-state index >= 15 is 0 Å². The summed E-state index contributed by atoms with van der Waals surface area (Å²) in [5, 5.41) is 12.0. The van der Waals surface area contributed by atoms with Crippen molar-refractivity contribution in [3.8, 4) is 11.4 Å². The molecule has 156 valence electrons. The molecule has 0 saturated carbocycles. The minimum Gasteiger partial charge on any atom is -0.326 e. The molecule has 0 bridgehead atoms. The van der Waals surface area contributed by atoms with Crippen LogP contribution in [0.4, 0.5) is 10.1 Å². The number of carbonyl (C=O) groups excluding carboxylic acids is 1. The molecule has 1 aromatic heterocycles. The molecule has 0 radical (unpaired) electrons. The first-order valence-corrected chi connectivity index (χ1v) is 11.4. The smallest absolute Gasteiger partial charge is 0.225 e. The molecule has 1 aliphatic heterocycles. The number of nitrogens with one attached hydrogen (secondary N) is 1. The minimum atomic E-state index is -0.373. The zero-order valence-electron chi connectivity index (χ0n) is 16.4. The molecule has 1 aliphatic rings. The van der Waals surface area contributed by atoms with Gasteiger partial charge >= 0.3 is 0 Å². The van der Waals surface area contributed by atoms with Crippen LogP contribution in [0.25, 0.3) is 11.4 Å². The largest absolute Gasteiger partial charge is 0.326 e. The first kappa shape index (κ1) is 20.9. The lowest BCUT2D eigenvalue weighted by Crippen LogP contribution is -2.12. The van der Waals surface area contributed by atoms with Crippen LogP contribution < -0.4 is 5.32 Å². The Morgan fingerprint density at radius 2 is 2.03 bits per heavy atom. The number of hydrogen-bond acceptors (Lipinski definition) is 4. The Hall–Kier alpha value is -2.38. The standard InChI is InChI=1S/C22H22ClFN4OS/c23-17-6-3-4-7-19(17)30-13-11-21(29)25-15-9-10-18(24)16(14-15)22-27-26-20-8-2-1-5-12-28(20)22/h3-4,6-7,9-10,14H,1-2,5,8,11-13H2,(H,25,29). The highest BCUT2D eigenvalue weighted by molar-refractivity contribution is 7.99. The van der Waals surface area contributed by atoms with Gasteiger partial charge in [0.1, 0.15) is 11.6 Å². The van der Waals surface area contributed by atoms with Gasteiger partial charge in [-0.25, -0.2) is 4.39 Å². The van der Waals surface area contributed by atoms with Crippen molar-refractivity contribution in [1.29, 1.82) is 0 Å². The van der Waals surface area contributed by atoms with Gasteiger partial charge in [0.15, 0.2) is 5.82 Å². The van der Waals surface area contributed by atoms with E-state index in [1.807, 2.05) is 28.8 Å². The summed E-state index contributed by atoms with van der Waals surface area (Å²) < 4.78 is 16.6. The summed E-state index contributed by atoms with van der Waals surface area (Å²) in [5.41, 5.74) is 0.906. The minimum absolute atomic E-state index is 0.132. The summed E-state index contributed by atoms with van der Waals surface area (Å²) in [6, 6.07) is 12.1. The Labute approximate surface area is 184 Å². The normalized spacial score (nSPS) is 13.5. The van der Waals surface area contributed by atoms with Crippen LogP contribution in [0.2, 0.25) is 5.02 Å². The summed E-state index contributed by atoms with van der Waals surface area (Å²) in [5.74, 6) is 1.51. The molecule has 0 aliphatic carbocycles. The molecule has 0 unspecified atom stereocenters. The third kappa shape index (κ3) is 4.84. The van der Waals surface area contributed by atoms with E-state index in [4.69, 9.17) is 11.6 Å². The number of hydrogen-bond donors (Lipinski definition) is 1. The number of fused-ring (bicyclic) bond motifs is 1. The fourth-order valence-corrected chi connectivity index (χ4v) is 4.69. The van der Waals surface area contributed by atoms with Gasteiger partial charge < -0.3 is 9.88 Å². The summed E-state index contributed by atoms with van der Waals surface area (Å²) in [6.07, 6.45) is 4.41. The van der Waals surface area contributed by atoms with E-state index in [-0.39, 0.29) is 11.7 Å². The molecule has 0 fully saturated rings. The van der Waals surface area contributed by atoms with Crippen molar-refractivity contribution >= 4 is 35.0 Å². The number of anilines is 1. The maximum atomic E-state index is 14.6. The quantitative estimate of drug-likeness (QED) is 0.504. The summed E-state index contributed by atoms with van der Waals surface area (Å²) in [6.45, 7) is 0.785. The summed E-state index contributed by atoms with van der Waals surface area (Å²) >= 11 is 7.67. The van der Waals surface area contributed by atoms with Gasteiger partial charge in [0.25, 0.3) is 0 Å². The van der Waals surface area contributed by atoms with Gasteiger partial charge in [-0.3, -0.25) is 4.79 Å². The second-order valence-electron chi connectivity index (χ2n) is 7.17. The van der Waals surface area contributed by atoms with Crippen LogP contribution in [0.15, 0.2) is 47.4 Å². The Morgan fingerprint density at radius 1 is 1.17 bits per heavy atom. The number of amides is 1. The lowest BCUT2D eigenvalue weighted by atomic mass is 10.1. The van der Waals surface area contributed by atoms with Crippen molar-refractivity contribution in [3.63, 3.8) is 0 Å². The van der Waals surface area contributed by atoms with E-state index in [1.165, 1.54) is 17.8 Å². The van der Waals surface area contributed by atoms with E-state index in [2.05, 4.69) is 15.5 Å². The van der Waals surface area contributed by atoms with Crippen molar-refractivity contribution in [2.24, 2.45) is 0 Å². The van der Waals surface area contributed by atoms with Gasteiger partial charge in [0, 0.05) is 35.7 Å². The van der Waals surface area contributed by atoms with E-state index in [0.717, 1.165) is 42.9 Å². The SMILES string of the molecule is O=C(CCSc1ccccc1Cl)Nc1ccc(F)c(-c2nnc3n2CCCCC3)c1. The van der Waals surface area contributed by atoms with Crippen LogP contribution in [-0.2, 0) is 17.8 Å². The van der Waals surface area contributed by atoms with Crippen LogP contribution in [0.1, 0.15) is 31.5 Å². The van der Waals surface area contributed by atoms with Crippen LogP contribution in [0.5, 0.6) is 0 Å². The first-order valence-electron chi connectivity index (χ1n) is 10.0. The van der Waals surface area contributed by atoms with Gasteiger partial charge in [-0.15, -0.1) is 22.0 Å². The monoisotopic (exact) mass is 444 g/mol. The van der Waals surface area contributed by atoms with Crippen LogP contribution in [0.3, 0.4) is 0 Å². The molecule has 0 spiro atoms. The number of thioether (sulfide) groups is 1. The van der Waals surface area contributed by atoms with Crippen LogP contribution >= 0.6 is 23.4 Å². The van der Waals surface area contributed by atoms with Gasteiger partial charge in [-0.05, 0) is 43.2 Å². The Balaban J connectivity index is 1.43. The fraction of sp³-hybridized carbons (Fsp3) is 0.318. The summed E-state index contributed by atoms with van der Waals surface area (Å²) in [7, 11) is 0. The second kappa shape index (κ2) is 9.62. The fourth-order valence-electron chi connectivity index (χ4n) is 3.50. The molecule has 8 heteroatoms. The first-order chi connectivity index (χ1) is 14.6. The van der Waals surface area contributed by atoms with Crippen molar-refractivity contribution in [1.82, 2.24) is 14.8 Å². The maximum absolute atomic E-state index is 14.6. The van der Waals surface area contributed by atoms with E-state index < -0.39 is 0 Å². The predicted octanol–water partition coefficient (Wildman–Crippen LogP) is 5.58. The molecule has 4 rings (SSSR count). The summed E-state index contributed by atoms with van der Waals surface area (Å²) in [4.78, 5) is 13.3. The van der Waals surface area contributed by atoms with E-state index in [9.17, 15) is 9.18 Å². The molecule has 0 saturated heterocycles. The number of carbonyl (C=O) groups is 1. The highest BCUT2D eigenvalue weighted by Gasteiger charge is 2.19. The molecular formula is C22H22ClFN4OS. The number of halogens is 2. The predicted molar refractivity (Wildman–Crippen MR) is 118 cm³/mol. The number of nitrogens with zero attached hydrogens (tertiary/aromatic N) is 3. The van der Waals surface area contributed by atoms with Crippen LogP contribution in [0, 0.1) is 5.82 Å². The molecule has 0 atom stereocenters. The van der Waals surface area contributed by atoms with Gasteiger partial charge in [-0.2, -0.15) is 0 Å². The lowest BCUT2D eigenvalue weighted by Gasteiger charge is -2.10.